The summed E-state index contributed by atoms with van der Waals surface area (Å²) in [4.78, 5) is 18.4. The number of aromatic nitrogens is 2. The molecule has 0 aliphatic heterocycles. The maximum absolute atomic E-state index is 10.2. The summed E-state index contributed by atoms with van der Waals surface area (Å²) in [6, 6.07) is 7.77. The van der Waals surface area contributed by atoms with Gasteiger partial charge >= 0.3 is 0 Å². The van der Waals surface area contributed by atoms with Crippen molar-refractivity contribution in [2.45, 2.75) is 0 Å². The van der Waals surface area contributed by atoms with Crippen LogP contribution in [-0.4, -0.2) is 16.4 Å². The molecule has 0 unspecified atom stereocenters. The van der Waals surface area contributed by atoms with E-state index in [0.717, 1.165) is 15.7 Å². The Kier molecular flexibility index (Phi) is 3.26. The zero-order valence-electron chi connectivity index (χ0n) is 8.22. The van der Waals surface area contributed by atoms with Crippen LogP contribution in [0, 0.1) is 0 Å². The molecule has 0 aliphatic rings. The number of hydrogen-bond donors (Lipinski definition) is 1. The lowest BCUT2D eigenvalue weighted by atomic mass is 10.2. The van der Waals surface area contributed by atoms with Crippen LogP contribution in [0.15, 0.2) is 41.1 Å². The fourth-order valence-electron chi connectivity index (χ4n) is 1.23. The van der Waals surface area contributed by atoms with Crippen molar-refractivity contribution in [1.82, 2.24) is 9.97 Å². The number of halogens is 1. The van der Waals surface area contributed by atoms with Crippen LogP contribution in [0.5, 0.6) is 0 Å². The lowest BCUT2D eigenvalue weighted by Crippen LogP contribution is -1.97. The third-order valence-corrected chi connectivity index (χ3v) is 2.53. The molecule has 5 heteroatoms. The van der Waals surface area contributed by atoms with Crippen molar-refractivity contribution < 1.29 is 4.79 Å². The van der Waals surface area contributed by atoms with Crippen molar-refractivity contribution in [3.63, 3.8) is 0 Å². The lowest BCUT2D eigenvalue weighted by Gasteiger charge is -2.01. The number of hydrogen-bond acceptors (Lipinski definition) is 3. The van der Waals surface area contributed by atoms with Gasteiger partial charge in [-0.2, -0.15) is 0 Å². The Labute approximate surface area is 101 Å². The first kappa shape index (κ1) is 10.8. The summed E-state index contributed by atoms with van der Waals surface area (Å²) in [5.41, 5.74) is 1.75. The molecule has 2 rings (SSSR count). The fraction of sp³-hybridized carbons (Fsp3) is 0. The van der Waals surface area contributed by atoms with Crippen molar-refractivity contribution >= 4 is 28.2 Å². The molecule has 1 N–H and O–H groups in total. The van der Waals surface area contributed by atoms with E-state index in [2.05, 4.69) is 31.2 Å². The molecule has 0 spiro atoms. The molecule has 0 saturated heterocycles. The number of nitrogens with zero attached hydrogens (tertiary/aromatic N) is 2. The van der Waals surface area contributed by atoms with Gasteiger partial charge in [0.15, 0.2) is 5.82 Å². The predicted molar refractivity (Wildman–Crippen MR) is 64.9 cm³/mol. The van der Waals surface area contributed by atoms with Crippen molar-refractivity contribution in [3.8, 4) is 11.3 Å². The van der Waals surface area contributed by atoms with Crippen LogP contribution in [0.1, 0.15) is 0 Å². The van der Waals surface area contributed by atoms with Crippen LogP contribution in [-0.2, 0) is 4.79 Å². The monoisotopic (exact) mass is 277 g/mol. The highest BCUT2D eigenvalue weighted by Crippen LogP contribution is 2.19. The van der Waals surface area contributed by atoms with Gasteiger partial charge < -0.3 is 5.32 Å². The highest BCUT2D eigenvalue weighted by molar-refractivity contribution is 9.10. The molecule has 0 radical (unpaired) electrons. The van der Waals surface area contributed by atoms with Gasteiger partial charge in [0.05, 0.1) is 18.1 Å². The van der Waals surface area contributed by atoms with E-state index < -0.39 is 0 Å². The van der Waals surface area contributed by atoms with E-state index in [9.17, 15) is 4.79 Å². The van der Waals surface area contributed by atoms with Gasteiger partial charge in [0.2, 0.25) is 6.41 Å². The first-order valence-corrected chi connectivity index (χ1v) is 5.37. The van der Waals surface area contributed by atoms with Crippen LogP contribution in [0.25, 0.3) is 11.3 Å². The minimum Gasteiger partial charge on any atom is -0.312 e. The number of rotatable bonds is 3. The number of nitrogens with one attached hydrogen (secondary N) is 1. The molecule has 16 heavy (non-hydrogen) atoms. The minimum atomic E-state index is 0.441. The summed E-state index contributed by atoms with van der Waals surface area (Å²) < 4.78 is 1.02. The molecule has 1 aromatic heterocycles. The molecule has 2 aromatic rings. The van der Waals surface area contributed by atoms with Gasteiger partial charge in [-0.15, -0.1) is 0 Å². The highest BCUT2D eigenvalue weighted by atomic mass is 79.9. The minimum absolute atomic E-state index is 0.441. The number of carbonyl (C=O) groups is 1. The predicted octanol–water partition coefficient (Wildman–Crippen LogP) is 2.47. The molecule has 0 aliphatic carbocycles. The highest BCUT2D eigenvalue weighted by Gasteiger charge is 2.00. The zero-order chi connectivity index (χ0) is 11.4. The third-order valence-electron chi connectivity index (χ3n) is 2.00. The number of amides is 1. The van der Waals surface area contributed by atoms with E-state index in [0.29, 0.717) is 12.2 Å². The molecular weight excluding hydrogens is 270 g/mol. The number of benzene rings is 1. The summed E-state index contributed by atoms with van der Waals surface area (Å²) in [5.74, 6) is 0.441. The summed E-state index contributed by atoms with van der Waals surface area (Å²) in [7, 11) is 0. The lowest BCUT2D eigenvalue weighted by molar-refractivity contribution is -0.105. The average Bonchev–Trinajstić information content (AvgIpc) is 2.32. The second-order valence-electron chi connectivity index (χ2n) is 3.06. The Morgan fingerprint density at radius 2 is 1.88 bits per heavy atom. The van der Waals surface area contributed by atoms with Gasteiger partial charge in [0, 0.05) is 10.0 Å². The van der Waals surface area contributed by atoms with Crippen molar-refractivity contribution in [2.24, 2.45) is 0 Å². The third kappa shape index (κ3) is 2.43. The number of carbonyl (C=O) groups excluding carboxylic acids is 1. The van der Waals surface area contributed by atoms with Crippen LogP contribution >= 0.6 is 15.9 Å². The van der Waals surface area contributed by atoms with Crippen molar-refractivity contribution in [1.29, 1.82) is 0 Å². The van der Waals surface area contributed by atoms with Gasteiger partial charge in [-0.1, -0.05) is 28.1 Å². The van der Waals surface area contributed by atoms with E-state index in [1.165, 1.54) is 6.20 Å². The Hall–Kier alpha value is -1.75. The Balaban J connectivity index is 2.27. The van der Waals surface area contributed by atoms with E-state index in [4.69, 9.17) is 0 Å². The molecule has 0 atom stereocenters. The standard InChI is InChI=1S/C11H8BrN3O/c12-9-3-1-8(2-4-9)10-5-14-11(6-13-10)15-7-16/h1-7H,(H,14,15,16). The summed E-state index contributed by atoms with van der Waals surface area (Å²) in [6.07, 6.45) is 3.71. The molecule has 1 heterocycles. The van der Waals surface area contributed by atoms with Crippen LogP contribution in [0.3, 0.4) is 0 Å². The maximum atomic E-state index is 10.2. The Morgan fingerprint density at radius 3 is 2.44 bits per heavy atom. The molecule has 0 bridgehead atoms. The zero-order valence-corrected chi connectivity index (χ0v) is 9.81. The van der Waals surface area contributed by atoms with E-state index >= 15 is 0 Å². The van der Waals surface area contributed by atoms with Gasteiger partial charge in [-0.05, 0) is 12.1 Å². The van der Waals surface area contributed by atoms with Gasteiger partial charge in [0.25, 0.3) is 0 Å². The molecule has 80 valence electrons. The van der Waals surface area contributed by atoms with Crippen molar-refractivity contribution in [3.05, 3.63) is 41.1 Å². The maximum Gasteiger partial charge on any atom is 0.212 e. The smallest absolute Gasteiger partial charge is 0.212 e. The van der Waals surface area contributed by atoms with Gasteiger partial charge in [-0.25, -0.2) is 4.98 Å². The normalized spacial score (nSPS) is 9.81. The van der Waals surface area contributed by atoms with E-state index in [1.54, 1.807) is 6.20 Å². The first-order chi connectivity index (χ1) is 7.79. The van der Waals surface area contributed by atoms with E-state index in [1.807, 2.05) is 24.3 Å². The van der Waals surface area contributed by atoms with Gasteiger partial charge in [-0.3, -0.25) is 9.78 Å². The topological polar surface area (TPSA) is 54.9 Å². The Bertz CT molecular complexity index is 482. The van der Waals surface area contributed by atoms with Gasteiger partial charge in [0.1, 0.15) is 0 Å². The van der Waals surface area contributed by atoms with E-state index in [-0.39, 0.29) is 0 Å². The van der Waals surface area contributed by atoms with Crippen LogP contribution < -0.4 is 5.32 Å². The quantitative estimate of drug-likeness (QED) is 0.877. The first-order valence-electron chi connectivity index (χ1n) is 4.58. The largest absolute Gasteiger partial charge is 0.312 e. The molecule has 1 amide bonds. The average molecular weight is 278 g/mol. The Morgan fingerprint density at radius 1 is 1.12 bits per heavy atom. The second-order valence-corrected chi connectivity index (χ2v) is 3.97. The van der Waals surface area contributed by atoms with Crippen molar-refractivity contribution in [2.75, 3.05) is 5.32 Å². The SMILES string of the molecule is O=CNc1cnc(-c2ccc(Br)cc2)cn1. The van der Waals surface area contributed by atoms with Crippen LogP contribution in [0.2, 0.25) is 0 Å². The number of anilines is 1. The van der Waals surface area contributed by atoms with Crippen LogP contribution in [0.4, 0.5) is 5.82 Å². The molecule has 4 nitrogen and oxygen atoms in total. The summed E-state index contributed by atoms with van der Waals surface area (Å²) in [5, 5.41) is 2.43. The summed E-state index contributed by atoms with van der Waals surface area (Å²) >= 11 is 3.37. The molecule has 1 aromatic carbocycles. The molecule has 0 fully saturated rings. The molecule has 0 saturated carbocycles. The fourth-order valence-corrected chi connectivity index (χ4v) is 1.50. The molecular formula is C11H8BrN3O. The summed E-state index contributed by atoms with van der Waals surface area (Å²) in [6.45, 7) is 0. The second kappa shape index (κ2) is 4.85.